The number of carboxylic acids is 1. The van der Waals surface area contributed by atoms with Crippen molar-refractivity contribution in [3.8, 4) is 5.75 Å². The molecular formula is C13H18N2O5S. The number of ether oxygens (including phenoxy) is 1. The van der Waals surface area contributed by atoms with Crippen molar-refractivity contribution in [2.45, 2.75) is 32.8 Å². The van der Waals surface area contributed by atoms with Gasteiger partial charge in [0.05, 0.1) is 0 Å². The fourth-order valence-electron chi connectivity index (χ4n) is 1.43. The van der Waals surface area contributed by atoms with Gasteiger partial charge in [-0.2, -0.15) is 0 Å². The van der Waals surface area contributed by atoms with Gasteiger partial charge in [-0.3, -0.25) is 10.1 Å². The summed E-state index contributed by atoms with van der Waals surface area (Å²) in [5.74, 6) is -1.47. The molecule has 0 spiro atoms. The Labute approximate surface area is 126 Å². The van der Waals surface area contributed by atoms with E-state index in [0.717, 1.165) is 16.2 Å². The number of carbonyl (C=O) groups is 3. The summed E-state index contributed by atoms with van der Waals surface area (Å²) >= 11 is 1.11. The van der Waals surface area contributed by atoms with Crippen molar-refractivity contribution in [2.24, 2.45) is 0 Å². The molecule has 0 fully saturated rings. The summed E-state index contributed by atoms with van der Waals surface area (Å²) in [5, 5.41) is 13.5. The SMILES string of the molecule is CNC(=O)NC(=O)C(C)Oc1cc(C(C)C)sc1C(=O)O. The molecular weight excluding hydrogens is 296 g/mol. The molecule has 0 aromatic carbocycles. The fraction of sp³-hybridized carbons (Fsp3) is 0.462. The summed E-state index contributed by atoms with van der Waals surface area (Å²) in [7, 11) is 1.38. The van der Waals surface area contributed by atoms with Crippen molar-refractivity contribution in [2.75, 3.05) is 7.05 Å². The molecule has 21 heavy (non-hydrogen) atoms. The third-order valence-electron chi connectivity index (χ3n) is 2.62. The highest BCUT2D eigenvalue weighted by atomic mass is 32.1. The van der Waals surface area contributed by atoms with Crippen LogP contribution >= 0.6 is 11.3 Å². The van der Waals surface area contributed by atoms with Crippen LogP contribution in [0.2, 0.25) is 0 Å². The maximum Gasteiger partial charge on any atom is 0.349 e. The highest BCUT2D eigenvalue weighted by Gasteiger charge is 2.23. The number of nitrogens with one attached hydrogen (secondary N) is 2. The topological polar surface area (TPSA) is 105 Å². The van der Waals surface area contributed by atoms with Crippen molar-refractivity contribution in [3.63, 3.8) is 0 Å². The van der Waals surface area contributed by atoms with Crippen molar-refractivity contribution < 1.29 is 24.2 Å². The van der Waals surface area contributed by atoms with E-state index >= 15 is 0 Å². The van der Waals surface area contributed by atoms with E-state index in [2.05, 4.69) is 10.6 Å². The van der Waals surface area contributed by atoms with Gasteiger partial charge in [-0.15, -0.1) is 11.3 Å². The monoisotopic (exact) mass is 314 g/mol. The molecule has 0 radical (unpaired) electrons. The van der Waals surface area contributed by atoms with Gasteiger partial charge in [-0.1, -0.05) is 13.8 Å². The van der Waals surface area contributed by atoms with Crippen molar-refractivity contribution in [1.29, 1.82) is 0 Å². The van der Waals surface area contributed by atoms with E-state index in [1.54, 1.807) is 6.07 Å². The summed E-state index contributed by atoms with van der Waals surface area (Å²) in [6.45, 7) is 5.31. The first-order valence-electron chi connectivity index (χ1n) is 6.32. The molecule has 0 saturated heterocycles. The Balaban J connectivity index is 2.88. The van der Waals surface area contributed by atoms with Crippen LogP contribution in [0, 0.1) is 0 Å². The number of urea groups is 1. The lowest BCUT2D eigenvalue weighted by Crippen LogP contribution is -2.44. The minimum atomic E-state index is -1.11. The van der Waals surface area contributed by atoms with Crippen LogP contribution < -0.4 is 15.4 Å². The summed E-state index contributed by atoms with van der Waals surface area (Å²) in [6, 6.07) is 0.963. The predicted octanol–water partition coefficient (Wildman–Crippen LogP) is 1.79. The summed E-state index contributed by atoms with van der Waals surface area (Å²) < 4.78 is 5.38. The normalized spacial score (nSPS) is 11.9. The molecule has 1 atom stereocenters. The molecule has 1 aromatic heterocycles. The van der Waals surface area contributed by atoms with E-state index in [-0.39, 0.29) is 16.5 Å². The molecule has 3 amide bonds. The second kappa shape index (κ2) is 7.07. The number of amides is 3. The number of imide groups is 1. The number of rotatable bonds is 5. The van der Waals surface area contributed by atoms with E-state index in [0.29, 0.717) is 0 Å². The first kappa shape index (κ1) is 17.0. The van der Waals surface area contributed by atoms with Crippen LogP contribution in [-0.2, 0) is 4.79 Å². The van der Waals surface area contributed by atoms with Crippen LogP contribution in [0.15, 0.2) is 6.07 Å². The molecule has 1 heterocycles. The lowest BCUT2D eigenvalue weighted by Gasteiger charge is -2.13. The molecule has 0 aliphatic heterocycles. The Morgan fingerprint density at radius 2 is 1.90 bits per heavy atom. The van der Waals surface area contributed by atoms with Crippen molar-refractivity contribution in [3.05, 3.63) is 15.8 Å². The Morgan fingerprint density at radius 1 is 1.29 bits per heavy atom. The number of carbonyl (C=O) groups excluding carboxylic acids is 2. The third-order valence-corrected chi connectivity index (χ3v) is 4.02. The lowest BCUT2D eigenvalue weighted by atomic mass is 10.2. The second-order valence-electron chi connectivity index (χ2n) is 4.63. The van der Waals surface area contributed by atoms with E-state index in [9.17, 15) is 14.4 Å². The zero-order valence-corrected chi connectivity index (χ0v) is 13.0. The van der Waals surface area contributed by atoms with Gasteiger partial charge in [0.25, 0.3) is 5.91 Å². The van der Waals surface area contributed by atoms with Gasteiger partial charge < -0.3 is 15.2 Å². The smallest absolute Gasteiger partial charge is 0.349 e. The van der Waals surface area contributed by atoms with E-state index in [1.807, 2.05) is 13.8 Å². The minimum absolute atomic E-state index is 0.0401. The van der Waals surface area contributed by atoms with Crippen molar-refractivity contribution in [1.82, 2.24) is 10.6 Å². The van der Waals surface area contributed by atoms with Crippen LogP contribution in [0.1, 0.15) is 41.2 Å². The van der Waals surface area contributed by atoms with Gasteiger partial charge in [0.2, 0.25) is 0 Å². The fourth-order valence-corrected chi connectivity index (χ4v) is 2.37. The minimum Gasteiger partial charge on any atom is -0.479 e. The molecule has 7 nitrogen and oxygen atoms in total. The number of carboxylic acid groups (broad SMARTS) is 1. The lowest BCUT2D eigenvalue weighted by molar-refractivity contribution is -0.126. The zero-order valence-electron chi connectivity index (χ0n) is 12.2. The first-order valence-corrected chi connectivity index (χ1v) is 7.14. The van der Waals surface area contributed by atoms with Gasteiger partial charge in [0.1, 0.15) is 5.75 Å². The van der Waals surface area contributed by atoms with E-state index in [1.165, 1.54) is 14.0 Å². The van der Waals surface area contributed by atoms with Crippen LogP contribution in [0.25, 0.3) is 0 Å². The maximum absolute atomic E-state index is 11.7. The molecule has 0 saturated carbocycles. The largest absolute Gasteiger partial charge is 0.479 e. The maximum atomic E-state index is 11.7. The predicted molar refractivity (Wildman–Crippen MR) is 78.1 cm³/mol. The van der Waals surface area contributed by atoms with Gasteiger partial charge in [-0.25, -0.2) is 9.59 Å². The van der Waals surface area contributed by atoms with Gasteiger partial charge >= 0.3 is 12.0 Å². The van der Waals surface area contributed by atoms with Crippen LogP contribution in [0.5, 0.6) is 5.75 Å². The second-order valence-corrected chi connectivity index (χ2v) is 5.71. The Bertz CT molecular complexity index is 553. The van der Waals surface area contributed by atoms with Crippen LogP contribution in [-0.4, -0.2) is 36.2 Å². The number of hydrogen-bond donors (Lipinski definition) is 3. The average molecular weight is 314 g/mol. The van der Waals surface area contributed by atoms with Gasteiger partial charge in [-0.05, 0) is 18.9 Å². The molecule has 3 N–H and O–H groups in total. The van der Waals surface area contributed by atoms with E-state index < -0.39 is 24.0 Å². The highest BCUT2D eigenvalue weighted by Crippen LogP contribution is 2.34. The molecule has 0 aliphatic carbocycles. The summed E-state index contributed by atoms with van der Waals surface area (Å²) in [6.07, 6.45) is -0.991. The average Bonchev–Trinajstić information content (AvgIpc) is 2.82. The molecule has 8 heteroatoms. The van der Waals surface area contributed by atoms with Gasteiger partial charge in [0.15, 0.2) is 11.0 Å². The third kappa shape index (κ3) is 4.45. The van der Waals surface area contributed by atoms with Crippen molar-refractivity contribution >= 4 is 29.2 Å². The Hall–Kier alpha value is -2.09. The quantitative estimate of drug-likeness (QED) is 0.768. The summed E-state index contributed by atoms with van der Waals surface area (Å²) in [5.41, 5.74) is 0. The Kier molecular flexibility index (Phi) is 5.71. The first-order chi connectivity index (χ1) is 9.76. The zero-order chi connectivity index (χ0) is 16.2. The number of hydrogen-bond acceptors (Lipinski definition) is 5. The number of aromatic carboxylic acids is 1. The molecule has 0 aliphatic rings. The molecule has 1 rings (SSSR count). The molecule has 1 unspecified atom stereocenters. The molecule has 116 valence electrons. The van der Waals surface area contributed by atoms with Crippen LogP contribution in [0.3, 0.4) is 0 Å². The number of thiophene rings is 1. The summed E-state index contributed by atoms with van der Waals surface area (Å²) in [4.78, 5) is 34.8. The van der Waals surface area contributed by atoms with Crippen LogP contribution in [0.4, 0.5) is 4.79 Å². The highest BCUT2D eigenvalue weighted by molar-refractivity contribution is 7.14. The molecule has 0 bridgehead atoms. The molecule has 1 aromatic rings. The standard InChI is InChI=1S/C13H18N2O5S/c1-6(2)9-5-8(10(21-9)12(17)18)20-7(3)11(16)15-13(19)14-4/h5-7H,1-4H3,(H,17,18)(H2,14,15,16,19). The van der Waals surface area contributed by atoms with Gasteiger partial charge in [0, 0.05) is 11.9 Å². The van der Waals surface area contributed by atoms with E-state index in [4.69, 9.17) is 9.84 Å². The Morgan fingerprint density at radius 3 is 2.38 bits per heavy atom.